The molecule has 1 saturated heterocycles. The molecule has 1 aliphatic heterocycles. The van der Waals surface area contributed by atoms with Crippen LogP contribution in [0.4, 0.5) is 0 Å². The maximum absolute atomic E-state index is 4.97. The number of halogens is 3. The van der Waals surface area contributed by atoms with E-state index in [1.165, 1.54) is 38.8 Å². The summed E-state index contributed by atoms with van der Waals surface area (Å²) in [6.45, 7) is 10.1. The quantitative estimate of drug-likeness (QED) is 0.602. The first kappa shape index (κ1) is 23.4. The maximum atomic E-state index is 4.97. The van der Waals surface area contributed by atoms with Crippen molar-refractivity contribution in [2.75, 3.05) is 52.9 Å². The first-order valence-electron chi connectivity index (χ1n) is 8.12. The van der Waals surface area contributed by atoms with Gasteiger partial charge in [0, 0.05) is 0 Å². The van der Waals surface area contributed by atoms with Crippen LogP contribution in [0.1, 0.15) is 32.6 Å². The molecule has 132 valence electrons. The Balaban J connectivity index is 0.000000980. The van der Waals surface area contributed by atoms with Crippen molar-refractivity contribution in [1.29, 1.82) is 0 Å². The number of hydrogen-bond acceptors (Lipinski definition) is 3. The fraction of sp³-hybridized carbons (Fsp3) is 1.00. The van der Waals surface area contributed by atoms with E-state index in [0.29, 0.717) is 6.04 Å². The van der Waals surface area contributed by atoms with Gasteiger partial charge in [-0.3, -0.25) is 0 Å². The molecular weight excluding hydrogens is 378 g/mol. The molecule has 0 aromatic carbocycles. The molecule has 1 fully saturated rings. The van der Waals surface area contributed by atoms with Crippen molar-refractivity contribution >= 4 is 27.9 Å². The van der Waals surface area contributed by atoms with E-state index >= 15 is 0 Å². The van der Waals surface area contributed by atoms with Crippen LogP contribution in [0.3, 0.4) is 0 Å². The van der Waals surface area contributed by atoms with Gasteiger partial charge in [0.15, 0.2) is 0 Å². The van der Waals surface area contributed by atoms with Crippen LogP contribution >= 0.6 is 27.9 Å². The van der Waals surface area contributed by atoms with E-state index in [-0.39, 0.29) is 0 Å². The van der Waals surface area contributed by atoms with Gasteiger partial charge >= 0.3 is 42.6 Å². The molecule has 4 nitrogen and oxygen atoms in total. The van der Waals surface area contributed by atoms with Gasteiger partial charge in [0.05, 0.1) is 0 Å². The van der Waals surface area contributed by atoms with Crippen molar-refractivity contribution in [2.24, 2.45) is 0 Å². The Bertz CT molecular complexity index is 215. The Morgan fingerprint density at radius 2 is 1.50 bits per heavy atom. The molecule has 1 aliphatic rings. The van der Waals surface area contributed by atoms with Crippen molar-refractivity contribution < 1.29 is 14.7 Å². The topological polar surface area (TPSA) is 41.4 Å². The molecule has 2 N–H and O–H groups in total. The Labute approximate surface area is 154 Å². The average Bonchev–Trinajstić information content (AvgIpc) is 2.44. The van der Waals surface area contributed by atoms with Gasteiger partial charge in [-0.15, -0.1) is 12.6 Å². The fourth-order valence-corrected chi connectivity index (χ4v) is 2.23. The van der Waals surface area contributed by atoms with Crippen molar-refractivity contribution in [3.8, 4) is 0 Å². The van der Waals surface area contributed by atoms with Crippen LogP contribution < -0.4 is 10.6 Å². The first-order valence-corrected chi connectivity index (χ1v) is 14.6. The van der Waals surface area contributed by atoms with Gasteiger partial charge in [0.1, 0.15) is 0 Å². The number of nitrogens with one attached hydrogen (secondary N) is 2. The number of nitrogens with zero attached hydrogens (tertiary/aromatic N) is 2. The molecule has 0 amide bonds. The molecule has 1 heterocycles. The fourth-order valence-electron chi connectivity index (χ4n) is 2.23. The number of hydrogen-bond donors (Lipinski definition) is 2. The van der Waals surface area contributed by atoms with Crippen LogP contribution in [-0.4, -0.2) is 63.8 Å². The van der Waals surface area contributed by atoms with Gasteiger partial charge in [-0.2, -0.15) is 0 Å². The minimum atomic E-state index is -1.92. The Kier molecular flexibility index (Phi) is 18.4. The molecule has 8 heteroatoms. The molecule has 1 unspecified atom stereocenters. The zero-order valence-corrected chi connectivity index (χ0v) is 17.7. The molecule has 0 aliphatic carbocycles. The molecule has 0 bridgehead atoms. The van der Waals surface area contributed by atoms with Crippen LogP contribution in [-0.2, 0) is 14.7 Å². The van der Waals surface area contributed by atoms with Crippen molar-refractivity contribution in [1.82, 2.24) is 15.5 Å². The van der Waals surface area contributed by atoms with Crippen LogP contribution in [0.25, 0.3) is 5.32 Å². The molecule has 0 radical (unpaired) electrons. The second-order valence-corrected chi connectivity index (χ2v) is 13.4. The summed E-state index contributed by atoms with van der Waals surface area (Å²) in [6, 6.07) is 0.508. The summed E-state index contributed by atoms with van der Waals surface area (Å²) < 4.78 is 0. The summed E-state index contributed by atoms with van der Waals surface area (Å²) in [5.41, 5.74) is 0. The van der Waals surface area contributed by atoms with E-state index in [9.17, 15) is 0 Å². The van der Waals surface area contributed by atoms with Gasteiger partial charge in [-0.1, -0.05) is 19.8 Å². The molecule has 0 aromatic heterocycles. The third-order valence-corrected chi connectivity index (χ3v) is 3.48. The van der Waals surface area contributed by atoms with E-state index in [1.807, 2.05) is 0 Å². The summed E-state index contributed by atoms with van der Waals surface area (Å²) >= 11 is -1.92. The van der Waals surface area contributed by atoms with Gasteiger partial charge < -0.3 is 20.9 Å². The van der Waals surface area contributed by atoms with Crippen molar-refractivity contribution in [3.63, 3.8) is 0 Å². The normalized spacial score (nSPS) is 24.1. The van der Waals surface area contributed by atoms with E-state index in [1.54, 1.807) is 0 Å². The summed E-state index contributed by atoms with van der Waals surface area (Å²) in [4.78, 5) is 2.43. The molecule has 1 rings (SSSR count). The molecule has 22 heavy (non-hydrogen) atoms. The molecular formula is C14H31Cl3N4Ti. The predicted octanol–water partition coefficient (Wildman–Crippen LogP) is 3.50. The number of rotatable bonds is 0. The zero-order chi connectivity index (χ0) is 16.6. The summed E-state index contributed by atoms with van der Waals surface area (Å²) in [5, 5.41) is 11.7. The van der Waals surface area contributed by atoms with Gasteiger partial charge in [-0.05, 0) is 59.2 Å². The van der Waals surface area contributed by atoms with Crippen LogP contribution in [0.15, 0.2) is 0 Å². The summed E-state index contributed by atoms with van der Waals surface area (Å²) in [6.07, 6.45) is 4.84. The first-order chi connectivity index (χ1) is 10.5. The second-order valence-electron chi connectivity index (χ2n) is 5.62. The zero-order valence-electron chi connectivity index (χ0n) is 13.9. The SMILES string of the molecule is CC1CCNCCCNCCCN(C)CCC[N-]1.[Cl][Ti+]([Cl])[Cl]. The Morgan fingerprint density at radius 1 is 0.955 bits per heavy atom. The standard InChI is InChI=1S/C14H31N4.3ClH.Ti/c1-14-6-11-16-8-3-7-15-9-4-12-18(2)13-5-10-17-14;;;;/h14-16H,3-13H2,1-2H3;3*1H;/q-1;;;;+4/p-3. The van der Waals surface area contributed by atoms with Gasteiger partial charge in [-0.25, -0.2) is 0 Å². The van der Waals surface area contributed by atoms with E-state index in [0.717, 1.165) is 32.7 Å². The minimum absolute atomic E-state index is 0.508. The average molecular weight is 410 g/mol. The second kappa shape index (κ2) is 17.3. The molecule has 1 atom stereocenters. The molecule has 0 aromatic rings. The monoisotopic (exact) mass is 408 g/mol. The Morgan fingerprint density at radius 3 is 2.18 bits per heavy atom. The van der Waals surface area contributed by atoms with Crippen molar-refractivity contribution in [2.45, 2.75) is 38.6 Å². The summed E-state index contributed by atoms with van der Waals surface area (Å²) in [5.74, 6) is 0. The Hall–Kier alpha value is 1.42. The molecule has 0 spiro atoms. The van der Waals surface area contributed by atoms with Crippen LogP contribution in [0, 0.1) is 0 Å². The van der Waals surface area contributed by atoms with E-state index < -0.39 is 14.7 Å². The van der Waals surface area contributed by atoms with Crippen molar-refractivity contribution in [3.05, 3.63) is 5.32 Å². The van der Waals surface area contributed by atoms with Gasteiger partial charge in [0.25, 0.3) is 0 Å². The molecule has 0 saturated carbocycles. The third kappa shape index (κ3) is 19.5. The van der Waals surface area contributed by atoms with Crippen LogP contribution in [0.2, 0.25) is 0 Å². The summed E-state index contributed by atoms with van der Waals surface area (Å²) in [7, 11) is 17.1. The third-order valence-electron chi connectivity index (χ3n) is 3.48. The van der Waals surface area contributed by atoms with Crippen LogP contribution in [0.5, 0.6) is 0 Å². The predicted molar refractivity (Wildman–Crippen MR) is 97.0 cm³/mol. The van der Waals surface area contributed by atoms with E-state index in [4.69, 9.17) is 33.2 Å². The van der Waals surface area contributed by atoms with Gasteiger partial charge in [0.2, 0.25) is 0 Å². The van der Waals surface area contributed by atoms with E-state index in [2.05, 4.69) is 29.5 Å².